The van der Waals surface area contributed by atoms with Gasteiger partial charge >= 0.3 is 0 Å². The van der Waals surface area contributed by atoms with Crippen molar-refractivity contribution >= 4 is 29.1 Å². The first-order chi connectivity index (χ1) is 15.9. The highest BCUT2D eigenvalue weighted by molar-refractivity contribution is 6.46. The van der Waals surface area contributed by atoms with E-state index in [4.69, 9.17) is 21.1 Å². The summed E-state index contributed by atoms with van der Waals surface area (Å²) in [7, 11) is 3.01. The Hall–Kier alpha value is -3.84. The highest BCUT2D eigenvalue weighted by atomic mass is 35.5. The highest BCUT2D eigenvalue weighted by Crippen LogP contribution is 2.41. The fourth-order valence-electron chi connectivity index (χ4n) is 3.87. The van der Waals surface area contributed by atoms with Crippen molar-refractivity contribution in [3.63, 3.8) is 0 Å². The minimum atomic E-state index is -0.805. The van der Waals surface area contributed by atoms with Gasteiger partial charge in [0.25, 0.3) is 11.7 Å². The molecule has 2 aromatic carbocycles. The number of amides is 1. The summed E-state index contributed by atoms with van der Waals surface area (Å²) >= 11 is 6.11. The van der Waals surface area contributed by atoms with Gasteiger partial charge in [-0.3, -0.25) is 14.6 Å². The van der Waals surface area contributed by atoms with Crippen LogP contribution in [0.3, 0.4) is 0 Å². The number of hydrogen-bond donors (Lipinski definition) is 1. The van der Waals surface area contributed by atoms with Crippen LogP contribution in [-0.2, 0) is 16.1 Å². The minimum Gasteiger partial charge on any atom is -0.507 e. The fraction of sp³-hybridized carbons (Fsp3) is 0.160. The molecule has 1 N–H and O–H groups in total. The number of methoxy groups -OCH3 is 2. The number of hydrogen-bond acceptors (Lipinski definition) is 6. The molecule has 2 heterocycles. The fourth-order valence-corrected chi connectivity index (χ4v) is 4.06. The molecule has 7 nitrogen and oxygen atoms in total. The number of halogens is 1. The number of pyridine rings is 1. The maximum Gasteiger partial charge on any atom is 0.295 e. The maximum absolute atomic E-state index is 13.1. The summed E-state index contributed by atoms with van der Waals surface area (Å²) in [6.07, 6.45) is 3.15. The maximum atomic E-state index is 13.1. The number of ether oxygens (including phenoxy) is 2. The van der Waals surface area contributed by atoms with E-state index in [1.54, 1.807) is 55.9 Å². The van der Waals surface area contributed by atoms with E-state index >= 15 is 0 Å². The molecule has 1 fully saturated rings. The van der Waals surface area contributed by atoms with Gasteiger partial charge in [-0.05, 0) is 53.6 Å². The zero-order valence-electron chi connectivity index (χ0n) is 18.0. The SMILES string of the molecule is COc1cccc(CN2C(=O)C(=O)/C(=C(\O)c3ccc(Cl)c(OC)c3)C2c2ccncc2)c1. The Morgan fingerprint density at radius 1 is 1.06 bits per heavy atom. The number of ketones is 1. The van der Waals surface area contributed by atoms with Gasteiger partial charge in [-0.15, -0.1) is 0 Å². The molecular formula is C25H21ClN2O5. The zero-order chi connectivity index (χ0) is 23.5. The second-order valence-electron chi connectivity index (χ2n) is 7.41. The van der Waals surface area contributed by atoms with Crippen LogP contribution in [0.4, 0.5) is 0 Å². The van der Waals surface area contributed by atoms with Crippen LogP contribution >= 0.6 is 11.6 Å². The van der Waals surface area contributed by atoms with Crippen molar-refractivity contribution in [1.82, 2.24) is 9.88 Å². The standard InChI is InChI=1S/C25H21ClN2O5/c1-32-18-5-3-4-15(12-18)14-28-22(16-8-10-27-11-9-16)21(24(30)25(28)31)23(29)17-6-7-19(26)20(13-17)33-2/h3-13,22,29H,14H2,1-2H3/b23-21-. The number of carbonyl (C=O) groups excluding carboxylic acids is 2. The molecule has 0 radical (unpaired) electrons. The number of carbonyl (C=O) groups is 2. The summed E-state index contributed by atoms with van der Waals surface area (Å²) in [4.78, 5) is 31.7. The lowest BCUT2D eigenvalue weighted by Gasteiger charge is -2.25. The zero-order valence-corrected chi connectivity index (χ0v) is 18.7. The van der Waals surface area contributed by atoms with Gasteiger partial charge in [0, 0.05) is 24.5 Å². The molecule has 0 spiro atoms. The van der Waals surface area contributed by atoms with Crippen molar-refractivity contribution in [2.75, 3.05) is 14.2 Å². The molecule has 1 aromatic heterocycles. The molecule has 0 aliphatic carbocycles. The van der Waals surface area contributed by atoms with Crippen LogP contribution in [-0.4, -0.2) is 40.9 Å². The van der Waals surface area contributed by atoms with Gasteiger partial charge in [-0.2, -0.15) is 0 Å². The van der Waals surface area contributed by atoms with Gasteiger partial charge < -0.3 is 19.5 Å². The number of benzene rings is 2. The van der Waals surface area contributed by atoms with Crippen LogP contribution in [0, 0.1) is 0 Å². The number of likely N-dealkylation sites (tertiary alicyclic amines) is 1. The van der Waals surface area contributed by atoms with E-state index in [-0.39, 0.29) is 17.9 Å². The molecule has 1 aliphatic heterocycles. The van der Waals surface area contributed by atoms with Crippen LogP contribution < -0.4 is 9.47 Å². The Balaban J connectivity index is 1.84. The number of rotatable bonds is 6. The average molecular weight is 465 g/mol. The smallest absolute Gasteiger partial charge is 0.295 e. The van der Waals surface area contributed by atoms with Crippen molar-refractivity contribution in [1.29, 1.82) is 0 Å². The van der Waals surface area contributed by atoms with Gasteiger partial charge in [0.05, 0.1) is 30.9 Å². The molecule has 1 atom stereocenters. The van der Waals surface area contributed by atoms with Crippen molar-refractivity contribution in [2.45, 2.75) is 12.6 Å². The largest absolute Gasteiger partial charge is 0.507 e. The Morgan fingerprint density at radius 3 is 2.52 bits per heavy atom. The van der Waals surface area contributed by atoms with E-state index in [1.165, 1.54) is 18.1 Å². The second kappa shape index (κ2) is 9.34. The predicted octanol–water partition coefficient (Wildman–Crippen LogP) is 4.37. The molecule has 168 valence electrons. The second-order valence-corrected chi connectivity index (χ2v) is 7.82. The molecule has 1 unspecified atom stereocenters. The van der Waals surface area contributed by atoms with Crippen molar-refractivity contribution in [2.24, 2.45) is 0 Å². The van der Waals surface area contributed by atoms with Crippen LogP contribution in [0.15, 0.2) is 72.6 Å². The Labute approximate surface area is 195 Å². The number of Topliss-reactive ketones (excluding diaryl/α,β-unsaturated/α-hetero) is 1. The minimum absolute atomic E-state index is 0.0153. The third kappa shape index (κ3) is 4.27. The van der Waals surface area contributed by atoms with E-state index in [1.807, 2.05) is 12.1 Å². The molecule has 0 bridgehead atoms. The number of nitrogens with zero attached hydrogens (tertiary/aromatic N) is 2. The van der Waals surface area contributed by atoms with E-state index in [9.17, 15) is 14.7 Å². The first kappa shape index (κ1) is 22.4. The van der Waals surface area contributed by atoms with Crippen molar-refractivity contribution in [3.8, 4) is 11.5 Å². The first-order valence-electron chi connectivity index (χ1n) is 10.1. The summed E-state index contributed by atoms with van der Waals surface area (Å²) in [5, 5.41) is 11.5. The molecular weight excluding hydrogens is 444 g/mol. The Kier molecular flexibility index (Phi) is 6.33. The highest BCUT2D eigenvalue weighted by Gasteiger charge is 2.46. The number of aliphatic hydroxyl groups is 1. The summed E-state index contributed by atoms with van der Waals surface area (Å²) in [5.74, 6) is -0.809. The topological polar surface area (TPSA) is 89.0 Å². The molecule has 1 amide bonds. The third-order valence-corrected chi connectivity index (χ3v) is 5.79. The van der Waals surface area contributed by atoms with Crippen molar-refractivity contribution < 1.29 is 24.2 Å². The summed E-state index contributed by atoms with van der Waals surface area (Å²) < 4.78 is 10.5. The van der Waals surface area contributed by atoms with Gasteiger partial charge in [0.1, 0.15) is 17.3 Å². The molecule has 3 aromatic rings. The monoisotopic (exact) mass is 464 g/mol. The molecule has 1 saturated heterocycles. The molecule has 8 heteroatoms. The quantitative estimate of drug-likeness (QED) is 0.331. The van der Waals surface area contributed by atoms with Gasteiger partial charge in [-0.1, -0.05) is 23.7 Å². The molecule has 33 heavy (non-hydrogen) atoms. The number of aromatic nitrogens is 1. The van der Waals surface area contributed by atoms with Gasteiger partial charge in [0.15, 0.2) is 0 Å². The lowest BCUT2D eigenvalue weighted by atomic mass is 9.95. The number of aliphatic hydroxyl groups excluding tert-OH is 1. The van der Waals surface area contributed by atoms with E-state index < -0.39 is 17.7 Å². The summed E-state index contributed by atoms with van der Waals surface area (Å²) in [6.45, 7) is 0.148. The summed E-state index contributed by atoms with van der Waals surface area (Å²) in [6, 6.07) is 14.5. The Bertz CT molecular complexity index is 1240. The molecule has 4 rings (SSSR count). The van der Waals surface area contributed by atoms with Crippen LogP contribution in [0.25, 0.3) is 5.76 Å². The molecule has 0 saturated carbocycles. The van der Waals surface area contributed by atoms with Gasteiger partial charge in [0.2, 0.25) is 0 Å². The van der Waals surface area contributed by atoms with E-state index in [2.05, 4.69) is 4.98 Å². The lowest BCUT2D eigenvalue weighted by molar-refractivity contribution is -0.140. The summed E-state index contributed by atoms with van der Waals surface area (Å²) in [5.41, 5.74) is 1.73. The van der Waals surface area contributed by atoms with Crippen molar-refractivity contribution in [3.05, 3.63) is 94.3 Å². The molecule has 1 aliphatic rings. The third-order valence-electron chi connectivity index (χ3n) is 5.47. The predicted molar refractivity (Wildman–Crippen MR) is 123 cm³/mol. The average Bonchev–Trinajstić information content (AvgIpc) is 3.09. The Morgan fingerprint density at radius 2 is 1.82 bits per heavy atom. The van der Waals surface area contributed by atoms with Crippen LogP contribution in [0.5, 0.6) is 11.5 Å². The van der Waals surface area contributed by atoms with Crippen LogP contribution in [0.2, 0.25) is 5.02 Å². The lowest BCUT2D eigenvalue weighted by Crippen LogP contribution is -2.29. The first-order valence-corrected chi connectivity index (χ1v) is 10.5. The van der Waals surface area contributed by atoms with E-state index in [0.29, 0.717) is 27.6 Å². The normalized spacial score (nSPS) is 17.3. The van der Waals surface area contributed by atoms with Gasteiger partial charge in [-0.25, -0.2) is 0 Å². The van der Waals surface area contributed by atoms with Crippen LogP contribution in [0.1, 0.15) is 22.7 Å². The van der Waals surface area contributed by atoms with E-state index in [0.717, 1.165) is 5.56 Å².